The molecular formula is C13H18N2. The standard InChI is InChI=1S/C11H12N2.C2H6/c1-13-6-2-3-10-7-9(8-12)4-5-11(10)13;1-2/h4-5,7H,2-3,6H2,1H3;1-2H3. The molecule has 0 radical (unpaired) electrons. The lowest BCUT2D eigenvalue weighted by Crippen LogP contribution is -2.24. The maximum atomic E-state index is 8.74. The Balaban J connectivity index is 0.000000531. The molecule has 0 aliphatic carbocycles. The number of anilines is 1. The summed E-state index contributed by atoms with van der Waals surface area (Å²) in [6, 6.07) is 8.12. The van der Waals surface area contributed by atoms with Gasteiger partial charge in [-0.15, -0.1) is 0 Å². The zero-order chi connectivity index (χ0) is 11.3. The van der Waals surface area contributed by atoms with Gasteiger partial charge in [-0.25, -0.2) is 0 Å². The van der Waals surface area contributed by atoms with Crippen molar-refractivity contribution in [2.75, 3.05) is 18.5 Å². The molecular weight excluding hydrogens is 184 g/mol. The van der Waals surface area contributed by atoms with Gasteiger partial charge in [0, 0.05) is 19.3 Å². The SMILES string of the molecule is CC.CN1CCCc2cc(C#N)ccc21. The van der Waals surface area contributed by atoms with Crippen molar-refractivity contribution in [3.05, 3.63) is 29.3 Å². The number of nitrogens with zero attached hydrogens (tertiary/aromatic N) is 2. The van der Waals surface area contributed by atoms with Crippen LogP contribution in [0, 0.1) is 11.3 Å². The zero-order valence-corrected chi connectivity index (χ0v) is 9.75. The fraction of sp³-hybridized carbons (Fsp3) is 0.462. The number of rotatable bonds is 0. The van der Waals surface area contributed by atoms with E-state index in [2.05, 4.69) is 18.0 Å². The minimum atomic E-state index is 0.772. The van der Waals surface area contributed by atoms with E-state index in [1.807, 2.05) is 32.0 Å². The summed E-state index contributed by atoms with van der Waals surface area (Å²) in [7, 11) is 2.10. The Hall–Kier alpha value is -1.49. The van der Waals surface area contributed by atoms with E-state index in [0.29, 0.717) is 0 Å². The molecule has 1 aromatic carbocycles. The number of aryl methyl sites for hydroxylation is 1. The summed E-state index contributed by atoms with van der Waals surface area (Å²) in [6.07, 6.45) is 2.30. The third kappa shape index (κ3) is 2.50. The molecule has 0 amide bonds. The van der Waals surface area contributed by atoms with Gasteiger partial charge in [-0.1, -0.05) is 13.8 Å². The first-order valence-corrected chi connectivity index (χ1v) is 5.55. The zero-order valence-electron chi connectivity index (χ0n) is 9.75. The van der Waals surface area contributed by atoms with Crippen molar-refractivity contribution in [2.45, 2.75) is 26.7 Å². The average Bonchev–Trinajstić information content (AvgIpc) is 2.31. The van der Waals surface area contributed by atoms with Crippen LogP contribution in [0.1, 0.15) is 31.4 Å². The fourth-order valence-electron chi connectivity index (χ4n) is 1.85. The molecule has 2 heteroatoms. The lowest BCUT2D eigenvalue weighted by molar-refractivity contribution is 0.744. The Morgan fingerprint density at radius 2 is 2.07 bits per heavy atom. The first-order chi connectivity index (χ1) is 7.31. The first-order valence-electron chi connectivity index (χ1n) is 5.55. The monoisotopic (exact) mass is 202 g/mol. The molecule has 0 fully saturated rings. The molecule has 1 aliphatic rings. The smallest absolute Gasteiger partial charge is 0.0991 e. The Labute approximate surface area is 92.1 Å². The molecule has 1 heterocycles. The normalized spacial score (nSPS) is 13.3. The van der Waals surface area contributed by atoms with Crippen molar-refractivity contribution in [1.82, 2.24) is 0 Å². The van der Waals surface area contributed by atoms with Crippen molar-refractivity contribution in [3.63, 3.8) is 0 Å². The largest absolute Gasteiger partial charge is 0.374 e. The number of hydrogen-bond acceptors (Lipinski definition) is 2. The van der Waals surface area contributed by atoms with E-state index in [1.54, 1.807) is 0 Å². The van der Waals surface area contributed by atoms with Crippen LogP contribution in [0.15, 0.2) is 18.2 Å². The van der Waals surface area contributed by atoms with Gasteiger partial charge < -0.3 is 4.90 Å². The van der Waals surface area contributed by atoms with Crippen molar-refractivity contribution in [2.24, 2.45) is 0 Å². The Morgan fingerprint density at radius 3 is 2.73 bits per heavy atom. The minimum Gasteiger partial charge on any atom is -0.374 e. The highest BCUT2D eigenvalue weighted by Gasteiger charge is 2.13. The molecule has 0 aromatic heterocycles. The van der Waals surface area contributed by atoms with Crippen LogP contribution in [0.4, 0.5) is 5.69 Å². The molecule has 2 rings (SSSR count). The first kappa shape index (κ1) is 11.6. The summed E-state index contributed by atoms with van der Waals surface area (Å²) in [5.74, 6) is 0. The average molecular weight is 202 g/mol. The highest BCUT2D eigenvalue weighted by atomic mass is 15.1. The third-order valence-corrected chi connectivity index (χ3v) is 2.56. The maximum absolute atomic E-state index is 8.74. The second kappa shape index (κ2) is 5.41. The topological polar surface area (TPSA) is 27.0 Å². The molecule has 1 aliphatic heterocycles. The molecule has 0 spiro atoms. The van der Waals surface area contributed by atoms with Crippen LogP contribution >= 0.6 is 0 Å². The van der Waals surface area contributed by atoms with Gasteiger partial charge in [0.1, 0.15) is 0 Å². The van der Waals surface area contributed by atoms with Crippen LogP contribution in [-0.2, 0) is 6.42 Å². The van der Waals surface area contributed by atoms with Gasteiger partial charge in [-0.05, 0) is 36.6 Å². The summed E-state index contributed by atoms with van der Waals surface area (Å²) in [6.45, 7) is 5.12. The quantitative estimate of drug-likeness (QED) is 0.646. The molecule has 2 nitrogen and oxygen atoms in total. The van der Waals surface area contributed by atoms with Gasteiger partial charge in [0.15, 0.2) is 0 Å². The molecule has 0 bridgehead atoms. The molecule has 0 saturated heterocycles. The highest BCUT2D eigenvalue weighted by Crippen LogP contribution is 2.26. The van der Waals surface area contributed by atoms with E-state index in [0.717, 1.165) is 18.5 Å². The fourth-order valence-corrected chi connectivity index (χ4v) is 1.85. The third-order valence-electron chi connectivity index (χ3n) is 2.56. The van der Waals surface area contributed by atoms with Gasteiger partial charge in [-0.2, -0.15) is 5.26 Å². The highest BCUT2D eigenvalue weighted by molar-refractivity contribution is 5.57. The predicted molar refractivity (Wildman–Crippen MR) is 64.1 cm³/mol. The van der Waals surface area contributed by atoms with Crippen LogP contribution in [0.2, 0.25) is 0 Å². The summed E-state index contributed by atoms with van der Waals surface area (Å²) in [5.41, 5.74) is 3.37. The predicted octanol–water partition coefficient (Wildman–Crippen LogP) is 2.97. The van der Waals surface area contributed by atoms with Gasteiger partial charge in [0.25, 0.3) is 0 Å². The summed E-state index contributed by atoms with van der Waals surface area (Å²) >= 11 is 0. The molecule has 0 N–H and O–H groups in total. The van der Waals surface area contributed by atoms with E-state index >= 15 is 0 Å². The van der Waals surface area contributed by atoms with Gasteiger partial charge in [-0.3, -0.25) is 0 Å². The van der Waals surface area contributed by atoms with Gasteiger partial charge in [0.2, 0.25) is 0 Å². The van der Waals surface area contributed by atoms with Gasteiger partial charge >= 0.3 is 0 Å². The van der Waals surface area contributed by atoms with Crippen molar-refractivity contribution in [3.8, 4) is 6.07 Å². The van der Waals surface area contributed by atoms with Crippen LogP contribution in [0.5, 0.6) is 0 Å². The van der Waals surface area contributed by atoms with Crippen molar-refractivity contribution < 1.29 is 0 Å². The van der Waals surface area contributed by atoms with Crippen LogP contribution < -0.4 is 4.90 Å². The van der Waals surface area contributed by atoms with E-state index in [4.69, 9.17) is 5.26 Å². The summed E-state index contributed by atoms with van der Waals surface area (Å²) in [4.78, 5) is 2.25. The lowest BCUT2D eigenvalue weighted by atomic mass is 10.0. The van der Waals surface area contributed by atoms with E-state index in [-0.39, 0.29) is 0 Å². The Kier molecular flexibility index (Phi) is 4.17. The van der Waals surface area contributed by atoms with E-state index in [9.17, 15) is 0 Å². The lowest BCUT2D eigenvalue weighted by Gasteiger charge is -2.27. The minimum absolute atomic E-state index is 0.772. The second-order valence-corrected chi connectivity index (χ2v) is 3.48. The van der Waals surface area contributed by atoms with Gasteiger partial charge in [0.05, 0.1) is 11.6 Å². The van der Waals surface area contributed by atoms with E-state index < -0.39 is 0 Å². The second-order valence-electron chi connectivity index (χ2n) is 3.48. The van der Waals surface area contributed by atoms with E-state index in [1.165, 1.54) is 17.7 Å². The Bertz CT molecular complexity index is 363. The number of fused-ring (bicyclic) bond motifs is 1. The van der Waals surface area contributed by atoms with Crippen LogP contribution in [-0.4, -0.2) is 13.6 Å². The molecule has 0 atom stereocenters. The Morgan fingerprint density at radius 1 is 1.33 bits per heavy atom. The van der Waals surface area contributed by atoms with Crippen LogP contribution in [0.3, 0.4) is 0 Å². The van der Waals surface area contributed by atoms with Crippen molar-refractivity contribution >= 4 is 5.69 Å². The number of hydrogen-bond donors (Lipinski definition) is 0. The molecule has 0 saturated carbocycles. The summed E-state index contributed by atoms with van der Waals surface area (Å²) < 4.78 is 0. The van der Waals surface area contributed by atoms with Crippen molar-refractivity contribution in [1.29, 1.82) is 5.26 Å². The molecule has 80 valence electrons. The number of nitriles is 1. The molecule has 0 unspecified atom stereocenters. The van der Waals surface area contributed by atoms with Crippen LogP contribution in [0.25, 0.3) is 0 Å². The maximum Gasteiger partial charge on any atom is 0.0991 e. The number of benzene rings is 1. The summed E-state index contributed by atoms with van der Waals surface area (Å²) in [5, 5.41) is 8.74. The molecule has 15 heavy (non-hydrogen) atoms. The molecule has 1 aromatic rings.